The summed E-state index contributed by atoms with van der Waals surface area (Å²) in [6.07, 6.45) is 0. The van der Waals surface area contributed by atoms with E-state index in [1.54, 1.807) is 0 Å². The molecule has 1 fully saturated rings. The number of thiophene rings is 1. The average molecular weight is 516 g/mol. The molecule has 0 spiro atoms. The number of hydrogen-bond acceptors (Lipinski definition) is 7. The maximum absolute atomic E-state index is 12.7. The smallest absolute Gasteiger partial charge is 0.394 e. The van der Waals surface area contributed by atoms with E-state index < -0.39 is 11.9 Å². The normalized spacial score (nSPS) is 17.8. The molecule has 0 unspecified atom stereocenters. The Labute approximate surface area is 216 Å². The van der Waals surface area contributed by atoms with E-state index in [1.807, 2.05) is 43.3 Å². The Hall–Kier alpha value is -4.18. The van der Waals surface area contributed by atoms with E-state index in [9.17, 15) is 14.4 Å². The van der Waals surface area contributed by atoms with Crippen LogP contribution < -0.4 is 15.5 Å². The van der Waals surface area contributed by atoms with Crippen molar-refractivity contribution in [3.05, 3.63) is 53.4 Å². The van der Waals surface area contributed by atoms with E-state index in [0.29, 0.717) is 37.6 Å². The van der Waals surface area contributed by atoms with Gasteiger partial charge in [0.05, 0.1) is 16.9 Å². The average Bonchev–Trinajstić information content (AvgIpc) is 3.24. The molecule has 6 rings (SSSR count). The Morgan fingerprint density at radius 3 is 2.68 bits per heavy atom. The minimum Gasteiger partial charge on any atom is -0.474 e. The molecule has 2 aromatic heterocycles. The van der Waals surface area contributed by atoms with Crippen molar-refractivity contribution in [1.29, 1.82) is 0 Å². The minimum absolute atomic E-state index is 0.0450. The highest BCUT2D eigenvalue weighted by Gasteiger charge is 2.26. The lowest BCUT2D eigenvalue weighted by atomic mass is 10.1. The Bertz CT molecular complexity index is 1570. The Morgan fingerprint density at radius 2 is 1.89 bits per heavy atom. The first-order valence-corrected chi connectivity index (χ1v) is 13.0. The number of aromatic nitrogens is 1. The highest BCUT2D eigenvalue weighted by Crippen LogP contribution is 2.41. The van der Waals surface area contributed by atoms with Gasteiger partial charge in [-0.3, -0.25) is 9.59 Å². The van der Waals surface area contributed by atoms with Crippen LogP contribution in [0.3, 0.4) is 0 Å². The summed E-state index contributed by atoms with van der Waals surface area (Å²) in [7, 11) is 0. The Morgan fingerprint density at radius 1 is 1.08 bits per heavy atom. The second kappa shape index (κ2) is 9.04. The van der Waals surface area contributed by atoms with Crippen LogP contribution in [-0.4, -0.2) is 71.5 Å². The number of benzene rings is 2. The lowest BCUT2D eigenvalue weighted by Gasteiger charge is -2.35. The molecular formula is C27H25N5O4S. The van der Waals surface area contributed by atoms with Gasteiger partial charge in [-0.05, 0) is 43.3 Å². The van der Waals surface area contributed by atoms with Crippen molar-refractivity contribution in [2.75, 3.05) is 42.9 Å². The quantitative estimate of drug-likeness (QED) is 0.351. The highest BCUT2D eigenvalue weighted by molar-refractivity contribution is 7.21. The Kier molecular flexibility index (Phi) is 5.68. The molecule has 2 aliphatic rings. The summed E-state index contributed by atoms with van der Waals surface area (Å²) >= 11 is 1.49. The molecule has 0 aliphatic carbocycles. The number of anilines is 2. The van der Waals surface area contributed by atoms with Crippen molar-refractivity contribution in [3.8, 4) is 11.3 Å². The van der Waals surface area contributed by atoms with Gasteiger partial charge in [0.2, 0.25) is 0 Å². The van der Waals surface area contributed by atoms with Gasteiger partial charge in [0.25, 0.3) is 5.91 Å². The van der Waals surface area contributed by atoms with Gasteiger partial charge in [-0.25, -0.2) is 9.78 Å². The number of carbonyl (C=O) groups is 3. The molecule has 9 nitrogen and oxygen atoms in total. The van der Waals surface area contributed by atoms with E-state index in [0.717, 1.165) is 43.6 Å². The van der Waals surface area contributed by atoms with Gasteiger partial charge in [0, 0.05) is 65.5 Å². The van der Waals surface area contributed by atoms with Gasteiger partial charge >= 0.3 is 11.9 Å². The van der Waals surface area contributed by atoms with Gasteiger partial charge in [-0.1, -0.05) is 12.1 Å². The van der Waals surface area contributed by atoms with Crippen LogP contribution in [-0.2, 0) is 9.59 Å². The van der Waals surface area contributed by atoms with Crippen LogP contribution >= 0.6 is 11.3 Å². The summed E-state index contributed by atoms with van der Waals surface area (Å²) in [5, 5.41) is 17.5. The molecule has 4 heterocycles. The van der Waals surface area contributed by atoms with Crippen molar-refractivity contribution in [2.24, 2.45) is 0 Å². The monoisotopic (exact) mass is 515 g/mol. The van der Waals surface area contributed by atoms with Crippen molar-refractivity contribution < 1.29 is 19.5 Å². The summed E-state index contributed by atoms with van der Waals surface area (Å²) in [5.74, 6) is -2.31. The van der Waals surface area contributed by atoms with Crippen LogP contribution in [0.5, 0.6) is 0 Å². The second-order valence-electron chi connectivity index (χ2n) is 9.40. The summed E-state index contributed by atoms with van der Waals surface area (Å²) in [6, 6.07) is 16.3. The summed E-state index contributed by atoms with van der Waals surface area (Å²) < 4.78 is 1.05. The van der Waals surface area contributed by atoms with Gasteiger partial charge in [-0.15, -0.1) is 11.3 Å². The zero-order valence-electron chi connectivity index (χ0n) is 20.2. The van der Waals surface area contributed by atoms with Crippen LogP contribution in [0.2, 0.25) is 0 Å². The number of piperazine rings is 1. The van der Waals surface area contributed by atoms with Crippen LogP contribution in [0.25, 0.3) is 32.2 Å². The molecule has 1 saturated heterocycles. The van der Waals surface area contributed by atoms with Gasteiger partial charge < -0.3 is 25.5 Å². The molecule has 188 valence electrons. The van der Waals surface area contributed by atoms with Gasteiger partial charge in [0.1, 0.15) is 4.88 Å². The van der Waals surface area contributed by atoms with Gasteiger partial charge in [-0.2, -0.15) is 0 Å². The van der Waals surface area contributed by atoms with Crippen LogP contribution in [0.4, 0.5) is 11.4 Å². The molecular weight excluding hydrogens is 490 g/mol. The molecule has 4 aromatic rings. The third-order valence-corrected chi connectivity index (χ3v) is 8.10. The van der Waals surface area contributed by atoms with Crippen LogP contribution in [0.1, 0.15) is 16.6 Å². The maximum Gasteiger partial charge on any atom is 0.394 e. The molecule has 0 radical (unpaired) electrons. The topological polar surface area (TPSA) is 115 Å². The third-order valence-electron chi connectivity index (χ3n) is 6.95. The zero-order chi connectivity index (χ0) is 25.7. The predicted octanol–water partition coefficient (Wildman–Crippen LogP) is 3.39. The number of carboxylic acids is 1. The molecule has 10 heteroatoms. The number of fused-ring (bicyclic) bond motifs is 5. The number of hydrogen-bond donors (Lipinski definition) is 3. The number of pyridine rings is 1. The number of amides is 2. The SMILES string of the molecule is C[C@@H]1CNc2c(sc3ccc4nc(-c5cccc(N6CCN(C(=O)C(=O)O)CC6)c5)ccc4c23)C(=O)N1. The van der Waals surface area contributed by atoms with Crippen molar-refractivity contribution >= 4 is 61.5 Å². The fraction of sp³-hybridized carbons (Fsp3) is 0.259. The summed E-state index contributed by atoms with van der Waals surface area (Å²) in [5.41, 5.74) is 4.55. The molecule has 37 heavy (non-hydrogen) atoms. The number of carbonyl (C=O) groups excluding carboxylic acids is 2. The lowest BCUT2D eigenvalue weighted by molar-refractivity contribution is -0.156. The molecule has 0 bridgehead atoms. The fourth-order valence-corrected chi connectivity index (χ4v) is 6.15. The molecule has 1 atom stereocenters. The maximum atomic E-state index is 12.7. The van der Waals surface area contributed by atoms with E-state index in [2.05, 4.69) is 27.7 Å². The first-order chi connectivity index (χ1) is 17.9. The summed E-state index contributed by atoms with van der Waals surface area (Å²) in [6.45, 7) is 4.52. The molecule has 2 aromatic carbocycles. The van der Waals surface area contributed by atoms with Crippen LogP contribution in [0.15, 0.2) is 48.5 Å². The second-order valence-corrected chi connectivity index (χ2v) is 10.5. The zero-order valence-corrected chi connectivity index (χ0v) is 21.0. The predicted molar refractivity (Wildman–Crippen MR) is 144 cm³/mol. The fourth-order valence-electron chi connectivity index (χ4n) is 5.05. The molecule has 2 aliphatic heterocycles. The molecule has 3 N–H and O–H groups in total. The Balaban J connectivity index is 1.31. The minimum atomic E-state index is -1.41. The van der Waals surface area contributed by atoms with Crippen molar-refractivity contribution in [1.82, 2.24) is 15.2 Å². The van der Waals surface area contributed by atoms with E-state index in [-0.39, 0.29) is 11.9 Å². The number of nitrogens with zero attached hydrogens (tertiary/aromatic N) is 3. The number of carboxylic acid groups (broad SMARTS) is 1. The van der Waals surface area contributed by atoms with Crippen LogP contribution in [0, 0.1) is 0 Å². The highest BCUT2D eigenvalue weighted by atomic mass is 32.1. The van der Waals surface area contributed by atoms with Crippen molar-refractivity contribution in [3.63, 3.8) is 0 Å². The third kappa shape index (κ3) is 4.13. The largest absolute Gasteiger partial charge is 0.474 e. The molecule has 0 saturated carbocycles. The number of rotatable bonds is 2. The lowest BCUT2D eigenvalue weighted by Crippen LogP contribution is -2.50. The number of nitrogens with one attached hydrogen (secondary N) is 2. The van der Waals surface area contributed by atoms with Crippen molar-refractivity contribution in [2.45, 2.75) is 13.0 Å². The van der Waals surface area contributed by atoms with Gasteiger partial charge in [0.15, 0.2) is 0 Å². The van der Waals surface area contributed by atoms with E-state index in [1.165, 1.54) is 16.2 Å². The standard InChI is InChI=1S/C27H25N5O4S/c1-15-14-28-23-22-18-5-6-19(30-20(18)7-8-21(22)37-24(23)25(33)29-15)16-3-2-4-17(13-16)31-9-11-32(12-10-31)26(34)27(35)36/h2-8,13,15,28H,9-12,14H2,1H3,(H,29,33)(H,35,36)/t15-/m1/s1. The van der Waals surface area contributed by atoms with E-state index >= 15 is 0 Å². The number of aliphatic carboxylic acids is 1. The first-order valence-electron chi connectivity index (χ1n) is 12.2. The molecule has 2 amide bonds. The van der Waals surface area contributed by atoms with E-state index in [4.69, 9.17) is 10.1 Å². The first kappa shape index (κ1) is 23.2. The summed E-state index contributed by atoms with van der Waals surface area (Å²) in [4.78, 5) is 44.6.